The van der Waals surface area contributed by atoms with E-state index >= 15 is 0 Å². The van der Waals surface area contributed by atoms with Crippen LogP contribution in [-0.2, 0) is 80.6 Å². The molecule has 3 saturated carbocycles. The Hall–Kier alpha value is -2.02. The van der Waals surface area contributed by atoms with Gasteiger partial charge in [0.2, 0.25) is 0 Å². The molecule has 5 heterocycles. The van der Waals surface area contributed by atoms with Gasteiger partial charge in [-0.25, -0.2) is 4.79 Å². The molecule has 0 amide bonds. The summed E-state index contributed by atoms with van der Waals surface area (Å²) in [6, 6.07) is 0. The zero-order valence-corrected chi connectivity index (χ0v) is 49.5. The third-order valence-corrected chi connectivity index (χ3v) is 20.7. The minimum absolute atomic E-state index is 0.0407. The second-order valence-corrected chi connectivity index (χ2v) is 25.0. The van der Waals surface area contributed by atoms with Crippen molar-refractivity contribution in [2.24, 2.45) is 28.6 Å². The van der Waals surface area contributed by atoms with Crippen LogP contribution in [0.3, 0.4) is 0 Å². The van der Waals surface area contributed by atoms with Crippen molar-refractivity contribution < 1.29 is 90.9 Å². The minimum Gasteiger partial charge on any atom is -0.458 e. The molecule has 450 valence electrons. The van der Waals surface area contributed by atoms with E-state index in [4.69, 9.17) is 71.1 Å². The summed E-state index contributed by atoms with van der Waals surface area (Å²) in [6.07, 6.45) is 2.56. The average Bonchev–Trinajstić information content (AvgIpc) is 3.66. The Morgan fingerprint density at radius 2 is 1.05 bits per heavy atom. The third kappa shape index (κ3) is 12.2. The Morgan fingerprint density at radius 1 is 0.595 bits per heavy atom. The molecule has 9 aliphatic rings. The van der Waals surface area contributed by atoms with Crippen molar-refractivity contribution in [3.8, 4) is 0 Å². The van der Waals surface area contributed by atoms with Crippen molar-refractivity contribution in [3.63, 3.8) is 0 Å². The number of rotatable bonds is 17. The number of hydrogen-bond donors (Lipinski definition) is 2. The topological polar surface area (TPSA) is 213 Å². The van der Waals surface area contributed by atoms with Gasteiger partial charge in [-0.05, 0) is 124 Å². The highest BCUT2D eigenvalue weighted by atomic mass is 16.8. The van der Waals surface area contributed by atoms with Crippen molar-refractivity contribution in [2.45, 2.75) is 287 Å². The zero-order valence-electron chi connectivity index (χ0n) is 49.5. The smallest absolute Gasteiger partial charge is 0.333 e. The molecule has 27 atom stereocenters. The predicted octanol–water partition coefficient (Wildman–Crippen LogP) is 7.17. The summed E-state index contributed by atoms with van der Waals surface area (Å²) in [5, 5.41) is 23.0. The Bertz CT molecular complexity index is 2140. The molecule has 0 aromatic heterocycles. The molecule has 21 unspecified atom stereocenters. The van der Waals surface area contributed by atoms with Crippen molar-refractivity contribution >= 4 is 11.8 Å². The Kier molecular flexibility index (Phi) is 19.7. The number of fused-ring (bicyclic) bond motifs is 5. The van der Waals surface area contributed by atoms with Gasteiger partial charge >= 0.3 is 5.97 Å². The van der Waals surface area contributed by atoms with Gasteiger partial charge < -0.3 is 81.3 Å². The van der Waals surface area contributed by atoms with E-state index in [1.807, 2.05) is 48.5 Å². The molecule has 4 aliphatic carbocycles. The van der Waals surface area contributed by atoms with E-state index in [0.29, 0.717) is 69.8 Å². The zero-order chi connectivity index (χ0) is 56.9. The lowest BCUT2D eigenvalue weighted by molar-refractivity contribution is -0.351. The van der Waals surface area contributed by atoms with E-state index in [-0.39, 0.29) is 83.9 Å². The number of esters is 1. The highest BCUT2D eigenvalue weighted by Crippen LogP contribution is 2.69. The van der Waals surface area contributed by atoms with Crippen LogP contribution in [0, 0.1) is 28.6 Å². The molecule has 8 fully saturated rings. The van der Waals surface area contributed by atoms with Gasteiger partial charge in [0, 0.05) is 77.4 Å². The van der Waals surface area contributed by atoms with Gasteiger partial charge in [-0.2, -0.15) is 0 Å². The number of ether oxygens (including phenoxy) is 15. The van der Waals surface area contributed by atoms with Crippen LogP contribution in [0.15, 0.2) is 23.3 Å². The SMILES string of the molecule is C/C=C(\C)C(=O)O[C@@H]1CC2C(CC=C3C[C@@H](OC4CC(OC)C(OC5CC(OC)C(OC6CC(OC)C(OC7CC(OC)C(OC8CCC(O)C(C)O8)C(C)O7)C(C)O6)C(C)O5)C(C)O4)CC[C@@]32C)[C@@]2(O)CC[C@H](C(C)=O)[C@@]12C. The van der Waals surface area contributed by atoms with Crippen LogP contribution in [0.4, 0.5) is 0 Å². The number of allylic oxidation sites excluding steroid dienone is 2. The van der Waals surface area contributed by atoms with Gasteiger partial charge in [0.05, 0.1) is 72.7 Å². The number of ketones is 1. The second-order valence-electron chi connectivity index (χ2n) is 25.0. The van der Waals surface area contributed by atoms with Crippen LogP contribution in [0.2, 0.25) is 0 Å². The number of carbonyl (C=O) groups is 2. The quantitative estimate of drug-likeness (QED) is 0.0839. The van der Waals surface area contributed by atoms with Crippen LogP contribution in [0.1, 0.15) is 153 Å². The molecule has 0 aromatic rings. The second kappa shape index (κ2) is 25.3. The van der Waals surface area contributed by atoms with E-state index in [9.17, 15) is 19.8 Å². The van der Waals surface area contributed by atoms with E-state index in [1.165, 1.54) is 5.57 Å². The molecule has 0 bridgehead atoms. The van der Waals surface area contributed by atoms with Crippen LogP contribution in [-0.4, -0.2) is 185 Å². The number of methoxy groups -OCH3 is 4. The van der Waals surface area contributed by atoms with Crippen LogP contribution < -0.4 is 0 Å². The minimum atomic E-state index is -1.15. The van der Waals surface area contributed by atoms with Gasteiger partial charge in [-0.1, -0.05) is 31.6 Å². The van der Waals surface area contributed by atoms with E-state index in [0.717, 1.165) is 19.3 Å². The molecule has 2 N–H and O–H groups in total. The molecule has 79 heavy (non-hydrogen) atoms. The maximum Gasteiger partial charge on any atom is 0.333 e. The largest absolute Gasteiger partial charge is 0.458 e. The molecule has 5 aliphatic heterocycles. The Morgan fingerprint density at radius 3 is 1.49 bits per heavy atom. The van der Waals surface area contributed by atoms with Crippen LogP contribution >= 0.6 is 0 Å². The molecule has 19 nitrogen and oxygen atoms in total. The molecule has 9 rings (SSSR count). The number of hydrogen-bond acceptors (Lipinski definition) is 19. The third-order valence-electron chi connectivity index (χ3n) is 20.7. The fourth-order valence-corrected chi connectivity index (χ4v) is 15.8. The first-order valence-corrected chi connectivity index (χ1v) is 29.7. The summed E-state index contributed by atoms with van der Waals surface area (Å²) in [5.41, 5.74) is -0.449. The van der Waals surface area contributed by atoms with Crippen LogP contribution in [0.25, 0.3) is 0 Å². The fourth-order valence-electron chi connectivity index (χ4n) is 15.8. The molecular formula is C60H96O19. The van der Waals surface area contributed by atoms with Crippen molar-refractivity contribution in [2.75, 3.05) is 28.4 Å². The summed E-state index contributed by atoms with van der Waals surface area (Å²) >= 11 is 0. The van der Waals surface area contributed by atoms with E-state index in [2.05, 4.69) is 13.0 Å². The number of Topliss-reactive ketones (excluding diaryl/α,β-unsaturated/α-hetero) is 1. The van der Waals surface area contributed by atoms with E-state index < -0.39 is 91.2 Å². The average molecular weight is 1120 g/mol. The Balaban J connectivity index is 0.765. The first-order valence-electron chi connectivity index (χ1n) is 29.7. The van der Waals surface area contributed by atoms with Gasteiger partial charge in [0.25, 0.3) is 0 Å². The molecule has 5 saturated heterocycles. The van der Waals surface area contributed by atoms with E-state index in [1.54, 1.807) is 48.4 Å². The molecule has 0 aromatic carbocycles. The summed E-state index contributed by atoms with van der Waals surface area (Å²) in [4.78, 5) is 26.6. The first-order chi connectivity index (χ1) is 37.6. The van der Waals surface area contributed by atoms with Crippen molar-refractivity contribution in [1.82, 2.24) is 0 Å². The number of aliphatic hydroxyl groups is 2. The first kappa shape index (κ1) is 61.5. The summed E-state index contributed by atoms with van der Waals surface area (Å²) in [6.45, 7) is 19.2. The lowest BCUT2D eigenvalue weighted by Gasteiger charge is -2.63. The maximum absolute atomic E-state index is 13.4. The predicted molar refractivity (Wildman–Crippen MR) is 285 cm³/mol. The molecule has 0 radical (unpaired) electrons. The molecule has 0 spiro atoms. The van der Waals surface area contributed by atoms with Crippen molar-refractivity contribution in [1.29, 1.82) is 0 Å². The highest BCUT2D eigenvalue weighted by molar-refractivity contribution is 5.88. The van der Waals surface area contributed by atoms with Crippen molar-refractivity contribution in [3.05, 3.63) is 23.3 Å². The lowest BCUT2D eigenvalue weighted by Crippen LogP contribution is -2.66. The van der Waals surface area contributed by atoms with Gasteiger partial charge in [-0.15, -0.1) is 0 Å². The molecule has 19 heteroatoms. The highest BCUT2D eigenvalue weighted by Gasteiger charge is 2.71. The summed E-state index contributed by atoms with van der Waals surface area (Å²) in [7, 11) is 6.67. The maximum atomic E-state index is 13.4. The normalized spacial score (nSPS) is 49.5. The summed E-state index contributed by atoms with van der Waals surface area (Å²) < 4.78 is 95.6. The standard InChI is InChI=1S/C60H96O19/c1-15-30(2)57(63)75-47-25-41-40(60(64)23-21-39(31(3)61)59(47,60)10)17-16-37-24-38(20-22-58(37,41)9)74-49-26-43(65-11)54(34(6)70-49)77-51-28-45(67-13)56(36(8)72-51)79-52-29-46(68-14)55(35(7)73-52)78-50-27-44(66-12)53(33(5)71-50)76-48-19-18-42(62)32(4)69-48/h15-16,32-36,38-56,62,64H,17-29H2,1-14H3/b30-15+/t32?,33?,34?,35?,36?,38-,39+,40?,41?,42?,43?,44?,45?,46?,47+,48?,49?,50?,51?,52?,53?,54?,55?,56?,58-,59-,60-/m0/s1. The summed E-state index contributed by atoms with van der Waals surface area (Å²) in [5.74, 6) is -0.735. The number of aliphatic hydroxyl groups excluding tert-OH is 1. The van der Waals surface area contributed by atoms with Gasteiger partial charge in [-0.3, -0.25) is 4.79 Å². The fraction of sp³-hybridized carbons (Fsp3) is 0.900. The molecular weight excluding hydrogens is 1020 g/mol. The van der Waals surface area contributed by atoms with Gasteiger partial charge in [0.15, 0.2) is 31.5 Å². The van der Waals surface area contributed by atoms with Gasteiger partial charge in [0.1, 0.15) is 36.3 Å². The monoisotopic (exact) mass is 1120 g/mol. The van der Waals surface area contributed by atoms with Crippen LogP contribution in [0.5, 0.6) is 0 Å². The lowest BCUT2D eigenvalue weighted by atomic mass is 9.45. The Labute approximate surface area is 468 Å². The number of carbonyl (C=O) groups excluding carboxylic acids is 2.